The van der Waals surface area contributed by atoms with Gasteiger partial charge in [-0.1, -0.05) is 66.7 Å². The maximum Gasteiger partial charge on any atom is 0.259 e. The van der Waals surface area contributed by atoms with Crippen molar-refractivity contribution in [2.75, 3.05) is 25.0 Å². The zero-order chi connectivity index (χ0) is 21.6. The first-order valence-corrected chi connectivity index (χ1v) is 10.6. The van der Waals surface area contributed by atoms with Crippen molar-refractivity contribution >= 4 is 17.5 Å². The Morgan fingerprint density at radius 1 is 0.935 bits per heavy atom. The molecular weight excluding hydrogens is 386 g/mol. The van der Waals surface area contributed by atoms with Crippen molar-refractivity contribution in [1.29, 1.82) is 0 Å². The Balaban J connectivity index is 1.41. The summed E-state index contributed by atoms with van der Waals surface area (Å²) in [7, 11) is 2.04. The second-order valence-corrected chi connectivity index (χ2v) is 7.90. The van der Waals surface area contributed by atoms with Gasteiger partial charge in [0.2, 0.25) is 5.91 Å². The molecule has 5 heteroatoms. The number of carbonyl (C=O) groups excluding carboxylic acids is 2. The summed E-state index contributed by atoms with van der Waals surface area (Å²) >= 11 is 0. The van der Waals surface area contributed by atoms with Gasteiger partial charge in [-0.25, -0.2) is 0 Å². The Morgan fingerprint density at radius 3 is 2.32 bits per heavy atom. The lowest BCUT2D eigenvalue weighted by molar-refractivity contribution is -0.122. The van der Waals surface area contributed by atoms with Crippen LogP contribution >= 0.6 is 0 Å². The number of benzene rings is 3. The molecule has 31 heavy (non-hydrogen) atoms. The summed E-state index contributed by atoms with van der Waals surface area (Å²) in [6.07, 6.45) is 0.528. The molecule has 0 bridgehead atoms. The third-order valence-electron chi connectivity index (χ3n) is 5.61. The van der Waals surface area contributed by atoms with Gasteiger partial charge in [0.1, 0.15) is 6.04 Å². The van der Waals surface area contributed by atoms with E-state index in [2.05, 4.69) is 22.3 Å². The average Bonchev–Trinajstić information content (AvgIpc) is 3.19. The van der Waals surface area contributed by atoms with Crippen LogP contribution in [0.25, 0.3) is 0 Å². The SMILES string of the molecule is CN(CCNC(=O)C1Cc2ccccc2N1C(=O)c1ccccc1)Cc1ccccc1. The van der Waals surface area contributed by atoms with E-state index in [4.69, 9.17) is 0 Å². The minimum Gasteiger partial charge on any atom is -0.353 e. The highest BCUT2D eigenvalue weighted by atomic mass is 16.2. The first-order valence-electron chi connectivity index (χ1n) is 10.6. The normalized spacial score (nSPS) is 15.0. The van der Waals surface area contributed by atoms with Crippen LogP contribution in [-0.2, 0) is 17.8 Å². The van der Waals surface area contributed by atoms with Crippen LogP contribution in [0.1, 0.15) is 21.5 Å². The number of amides is 2. The van der Waals surface area contributed by atoms with Crippen LogP contribution in [0.3, 0.4) is 0 Å². The number of hydrogen-bond acceptors (Lipinski definition) is 3. The van der Waals surface area contributed by atoms with Gasteiger partial charge in [0.25, 0.3) is 5.91 Å². The van der Waals surface area contributed by atoms with Gasteiger partial charge < -0.3 is 10.2 Å². The van der Waals surface area contributed by atoms with Crippen LogP contribution in [0, 0.1) is 0 Å². The number of nitrogens with zero attached hydrogens (tertiary/aromatic N) is 2. The minimum absolute atomic E-state index is 0.117. The van der Waals surface area contributed by atoms with Crippen molar-refractivity contribution in [3.05, 3.63) is 102 Å². The molecule has 1 atom stereocenters. The van der Waals surface area contributed by atoms with Crippen LogP contribution in [0.4, 0.5) is 5.69 Å². The molecule has 1 unspecified atom stereocenters. The summed E-state index contributed by atoms with van der Waals surface area (Å²) < 4.78 is 0. The Morgan fingerprint density at radius 2 is 1.58 bits per heavy atom. The zero-order valence-corrected chi connectivity index (χ0v) is 17.7. The summed E-state index contributed by atoms with van der Waals surface area (Å²) in [4.78, 5) is 30.1. The largest absolute Gasteiger partial charge is 0.353 e. The molecule has 5 nitrogen and oxygen atoms in total. The molecule has 1 aliphatic heterocycles. The molecule has 0 radical (unpaired) electrons. The monoisotopic (exact) mass is 413 g/mol. The first-order chi connectivity index (χ1) is 15.1. The Hall–Kier alpha value is -3.44. The molecule has 0 saturated heterocycles. The fraction of sp³-hybridized carbons (Fsp3) is 0.231. The van der Waals surface area contributed by atoms with Gasteiger partial charge in [-0.3, -0.25) is 14.5 Å². The predicted molar refractivity (Wildman–Crippen MR) is 123 cm³/mol. The molecule has 1 heterocycles. The fourth-order valence-electron chi connectivity index (χ4n) is 4.03. The number of anilines is 1. The van der Waals surface area contributed by atoms with E-state index in [0.29, 0.717) is 18.5 Å². The standard InChI is InChI=1S/C26H27N3O2/c1-28(19-20-10-4-2-5-11-20)17-16-27-25(30)24-18-22-14-8-9-15-23(22)29(24)26(31)21-12-6-3-7-13-21/h2-15,24H,16-19H2,1H3,(H,27,30). The number of para-hydroxylation sites is 1. The molecule has 3 aromatic rings. The number of hydrogen-bond donors (Lipinski definition) is 1. The van der Waals surface area contributed by atoms with Crippen LogP contribution in [0.15, 0.2) is 84.9 Å². The van der Waals surface area contributed by atoms with Crippen molar-refractivity contribution in [2.45, 2.75) is 19.0 Å². The fourth-order valence-corrected chi connectivity index (χ4v) is 4.03. The summed E-state index contributed by atoms with van der Waals surface area (Å²) in [5.74, 6) is -0.263. The molecule has 0 spiro atoms. The third-order valence-corrected chi connectivity index (χ3v) is 5.61. The molecular formula is C26H27N3O2. The van der Waals surface area contributed by atoms with Crippen molar-refractivity contribution < 1.29 is 9.59 Å². The van der Waals surface area contributed by atoms with Gasteiger partial charge in [-0.2, -0.15) is 0 Å². The molecule has 0 fully saturated rings. The minimum atomic E-state index is -0.537. The second kappa shape index (κ2) is 9.58. The Kier molecular flexibility index (Phi) is 6.43. The van der Waals surface area contributed by atoms with Crippen molar-refractivity contribution in [2.24, 2.45) is 0 Å². The van der Waals surface area contributed by atoms with E-state index in [1.807, 2.05) is 67.7 Å². The number of fused-ring (bicyclic) bond motifs is 1. The summed E-state index contributed by atoms with van der Waals surface area (Å²) in [6, 6.07) is 26.6. The predicted octanol–water partition coefficient (Wildman–Crippen LogP) is 3.51. The van der Waals surface area contributed by atoms with Crippen LogP contribution in [0.5, 0.6) is 0 Å². The number of nitrogens with one attached hydrogen (secondary N) is 1. The summed E-state index contributed by atoms with van der Waals surface area (Å²) in [5.41, 5.74) is 3.66. The molecule has 4 rings (SSSR count). The second-order valence-electron chi connectivity index (χ2n) is 7.90. The quantitative estimate of drug-likeness (QED) is 0.645. The van der Waals surface area contributed by atoms with Gasteiger partial charge in [-0.15, -0.1) is 0 Å². The van der Waals surface area contributed by atoms with E-state index in [9.17, 15) is 9.59 Å². The van der Waals surface area contributed by atoms with Gasteiger partial charge >= 0.3 is 0 Å². The summed E-state index contributed by atoms with van der Waals surface area (Å²) in [6.45, 7) is 2.08. The maximum absolute atomic E-state index is 13.2. The molecule has 3 aromatic carbocycles. The lowest BCUT2D eigenvalue weighted by Crippen LogP contribution is -2.49. The number of likely N-dealkylation sites (N-methyl/N-ethyl adjacent to an activating group) is 1. The van der Waals surface area contributed by atoms with E-state index < -0.39 is 6.04 Å². The van der Waals surface area contributed by atoms with E-state index >= 15 is 0 Å². The van der Waals surface area contributed by atoms with E-state index in [1.54, 1.807) is 17.0 Å². The van der Waals surface area contributed by atoms with Crippen molar-refractivity contribution in [3.63, 3.8) is 0 Å². The summed E-state index contributed by atoms with van der Waals surface area (Å²) in [5, 5.41) is 3.04. The van der Waals surface area contributed by atoms with Gasteiger partial charge in [-0.05, 0) is 36.4 Å². The molecule has 2 amide bonds. The van der Waals surface area contributed by atoms with Gasteiger partial charge in [0.15, 0.2) is 0 Å². The number of carbonyl (C=O) groups is 2. The van der Waals surface area contributed by atoms with Crippen LogP contribution in [0.2, 0.25) is 0 Å². The molecule has 1 N–H and O–H groups in total. The lowest BCUT2D eigenvalue weighted by atomic mass is 10.1. The highest BCUT2D eigenvalue weighted by Gasteiger charge is 2.38. The van der Waals surface area contributed by atoms with Crippen LogP contribution < -0.4 is 10.2 Å². The van der Waals surface area contributed by atoms with Gasteiger partial charge in [0, 0.05) is 37.3 Å². The molecule has 1 aliphatic rings. The average molecular weight is 414 g/mol. The Bertz CT molecular complexity index is 1040. The molecule has 0 aliphatic carbocycles. The van der Waals surface area contributed by atoms with Crippen molar-refractivity contribution in [3.8, 4) is 0 Å². The highest BCUT2D eigenvalue weighted by Crippen LogP contribution is 2.33. The first kappa shape index (κ1) is 20.8. The van der Waals surface area contributed by atoms with E-state index in [-0.39, 0.29) is 11.8 Å². The smallest absolute Gasteiger partial charge is 0.259 e. The van der Waals surface area contributed by atoms with E-state index in [0.717, 1.165) is 24.3 Å². The van der Waals surface area contributed by atoms with Crippen LogP contribution in [-0.4, -0.2) is 42.9 Å². The number of rotatable bonds is 7. The lowest BCUT2D eigenvalue weighted by Gasteiger charge is -2.25. The molecule has 0 aromatic heterocycles. The topological polar surface area (TPSA) is 52.7 Å². The third kappa shape index (κ3) is 4.84. The van der Waals surface area contributed by atoms with Crippen molar-refractivity contribution in [1.82, 2.24) is 10.2 Å². The van der Waals surface area contributed by atoms with Gasteiger partial charge in [0.05, 0.1) is 0 Å². The molecule has 158 valence electrons. The highest BCUT2D eigenvalue weighted by molar-refractivity contribution is 6.11. The van der Waals surface area contributed by atoms with E-state index in [1.165, 1.54) is 5.56 Å². The molecule has 0 saturated carbocycles. The zero-order valence-electron chi connectivity index (χ0n) is 17.7. The maximum atomic E-state index is 13.2. The Labute approximate surface area is 183 Å².